The van der Waals surface area contributed by atoms with Gasteiger partial charge in [0.15, 0.2) is 0 Å². The van der Waals surface area contributed by atoms with Crippen molar-refractivity contribution in [2.45, 2.75) is 0 Å². The second-order valence-electron chi connectivity index (χ2n) is 5.99. The Kier molecular flexibility index (Phi) is 7.11. The lowest BCUT2D eigenvalue weighted by molar-refractivity contribution is 1.40. The maximum Gasteiger partial charge on any atom is 0.101 e. The van der Waals surface area contributed by atoms with E-state index in [-0.39, 0.29) is 0 Å². The molecule has 2 aromatic carbocycles. The molecule has 0 unspecified atom stereocenters. The Labute approximate surface area is 193 Å². The summed E-state index contributed by atoms with van der Waals surface area (Å²) in [4.78, 5) is 5.74. The van der Waals surface area contributed by atoms with Crippen molar-refractivity contribution in [2.24, 2.45) is 0 Å². The van der Waals surface area contributed by atoms with E-state index in [1.807, 2.05) is 12.1 Å². The van der Waals surface area contributed by atoms with Gasteiger partial charge in [-0.1, -0.05) is 70.7 Å². The molecular formula is C22H12Cl4N4. The van der Waals surface area contributed by atoms with Crippen molar-refractivity contribution in [3.05, 3.63) is 92.4 Å². The van der Waals surface area contributed by atoms with Gasteiger partial charge in [0.25, 0.3) is 0 Å². The maximum atomic E-state index is 8.88. The number of aromatic amines is 2. The second-order valence-corrected chi connectivity index (χ2v) is 7.56. The molecular weight excluding hydrogens is 462 g/mol. The first-order chi connectivity index (χ1) is 14.5. The van der Waals surface area contributed by atoms with Crippen LogP contribution in [0, 0.1) is 22.7 Å². The van der Waals surface area contributed by atoms with Crippen molar-refractivity contribution >= 4 is 46.4 Å². The minimum atomic E-state index is 0.468. The van der Waals surface area contributed by atoms with Gasteiger partial charge in [0, 0.05) is 47.0 Å². The molecule has 0 radical (unpaired) electrons. The van der Waals surface area contributed by atoms with Gasteiger partial charge in [0.2, 0.25) is 0 Å². The van der Waals surface area contributed by atoms with Crippen LogP contribution >= 0.6 is 46.4 Å². The first-order valence-electron chi connectivity index (χ1n) is 8.50. The zero-order valence-corrected chi connectivity index (χ0v) is 18.2. The minimum Gasteiger partial charge on any atom is -0.366 e. The summed E-state index contributed by atoms with van der Waals surface area (Å²) in [6.45, 7) is 0. The average Bonchev–Trinajstić information content (AvgIpc) is 3.41. The molecule has 0 saturated heterocycles. The number of nitrogens with one attached hydrogen (secondary N) is 2. The number of benzene rings is 2. The average molecular weight is 474 g/mol. The Balaban J connectivity index is 0.000000171. The number of rotatable bonds is 2. The van der Waals surface area contributed by atoms with E-state index in [0.717, 1.165) is 22.3 Å². The molecule has 0 aliphatic heterocycles. The summed E-state index contributed by atoms with van der Waals surface area (Å²) in [6.07, 6.45) is 6.73. The van der Waals surface area contributed by atoms with E-state index < -0.39 is 0 Å². The first kappa shape index (κ1) is 21.8. The summed E-state index contributed by atoms with van der Waals surface area (Å²) in [7, 11) is 0. The summed E-state index contributed by atoms with van der Waals surface area (Å²) < 4.78 is 0. The fourth-order valence-corrected chi connectivity index (χ4v) is 3.59. The summed E-state index contributed by atoms with van der Waals surface area (Å²) >= 11 is 23.9. The van der Waals surface area contributed by atoms with Crippen molar-refractivity contribution < 1.29 is 0 Å². The zero-order chi connectivity index (χ0) is 21.7. The highest BCUT2D eigenvalue weighted by Crippen LogP contribution is 2.35. The fourth-order valence-electron chi connectivity index (χ4n) is 2.78. The van der Waals surface area contributed by atoms with E-state index in [0.29, 0.717) is 31.2 Å². The van der Waals surface area contributed by atoms with Crippen LogP contribution in [0.25, 0.3) is 22.3 Å². The van der Waals surface area contributed by atoms with E-state index >= 15 is 0 Å². The lowest BCUT2D eigenvalue weighted by Crippen LogP contribution is -1.80. The number of hydrogen-bond acceptors (Lipinski definition) is 2. The minimum absolute atomic E-state index is 0.468. The van der Waals surface area contributed by atoms with Gasteiger partial charge in [-0.15, -0.1) is 0 Å². The van der Waals surface area contributed by atoms with Gasteiger partial charge in [-0.3, -0.25) is 0 Å². The standard InChI is InChI=1S/2C11H6Cl2N2/c2*12-10-3-1-2-8(11(10)13)9-6-15-5-7(9)4-14/h2*1-3,5-6,15H. The fraction of sp³-hybridized carbons (Fsp3) is 0. The highest BCUT2D eigenvalue weighted by molar-refractivity contribution is 6.44. The quantitative estimate of drug-likeness (QED) is 0.312. The molecule has 0 aliphatic carbocycles. The highest BCUT2D eigenvalue weighted by atomic mass is 35.5. The van der Waals surface area contributed by atoms with Crippen LogP contribution in [0.1, 0.15) is 11.1 Å². The Hall–Kier alpha value is -2.86. The third kappa shape index (κ3) is 4.49. The van der Waals surface area contributed by atoms with Crippen molar-refractivity contribution in [3.63, 3.8) is 0 Å². The van der Waals surface area contributed by atoms with Crippen molar-refractivity contribution in [1.82, 2.24) is 9.97 Å². The summed E-state index contributed by atoms with van der Waals surface area (Å²) in [5.41, 5.74) is 4.18. The van der Waals surface area contributed by atoms with E-state index in [1.54, 1.807) is 49.1 Å². The summed E-state index contributed by atoms with van der Waals surface area (Å²) in [5, 5.41) is 19.7. The maximum absolute atomic E-state index is 8.88. The van der Waals surface area contributed by atoms with Gasteiger partial charge in [-0.25, -0.2) is 0 Å². The Morgan fingerprint density at radius 2 is 0.967 bits per heavy atom. The third-order valence-corrected chi connectivity index (χ3v) is 5.85. The summed E-state index contributed by atoms with van der Waals surface area (Å²) in [5.74, 6) is 0. The first-order valence-corrected chi connectivity index (χ1v) is 10.0. The van der Waals surface area contributed by atoms with E-state index in [4.69, 9.17) is 56.9 Å². The molecule has 0 amide bonds. The van der Waals surface area contributed by atoms with Gasteiger partial charge < -0.3 is 9.97 Å². The third-order valence-electron chi connectivity index (χ3n) is 4.22. The molecule has 0 atom stereocenters. The molecule has 0 saturated carbocycles. The highest BCUT2D eigenvalue weighted by Gasteiger charge is 2.12. The zero-order valence-electron chi connectivity index (χ0n) is 15.2. The number of nitrogens with zero attached hydrogens (tertiary/aromatic N) is 2. The molecule has 0 aliphatic rings. The smallest absolute Gasteiger partial charge is 0.101 e. The lowest BCUT2D eigenvalue weighted by Gasteiger charge is -2.03. The Morgan fingerprint density at radius 3 is 1.33 bits per heavy atom. The van der Waals surface area contributed by atoms with Gasteiger partial charge >= 0.3 is 0 Å². The molecule has 0 bridgehead atoms. The van der Waals surface area contributed by atoms with E-state index in [2.05, 4.69) is 22.1 Å². The molecule has 4 rings (SSSR count). The molecule has 2 N–H and O–H groups in total. The van der Waals surface area contributed by atoms with Gasteiger partial charge in [0.1, 0.15) is 12.1 Å². The van der Waals surface area contributed by atoms with Crippen LogP contribution < -0.4 is 0 Å². The van der Waals surface area contributed by atoms with E-state index in [1.165, 1.54) is 0 Å². The largest absolute Gasteiger partial charge is 0.366 e. The van der Waals surface area contributed by atoms with Crippen molar-refractivity contribution in [1.29, 1.82) is 10.5 Å². The molecule has 2 aromatic heterocycles. The monoisotopic (exact) mass is 472 g/mol. The molecule has 4 nitrogen and oxygen atoms in total. The number of nitriles is 2. The predicted molar refractivity (Wildman–Crippen MR) is 122 cm³/mol. The molecule has 4 aromatic rings. The van der Waals surface area contributed by atoms with Crippen LogP contribution in [0.15, 0.2) is 61.2 Å². The second kappa shape index (κ2) is 9.76. The van der Waals surface area contributed by atoms with Crippen LogP contribution in [0.4, 0.5) is 0 Å². The van der Waals surface area contributed by atoms with Crippen LogP contribution in [-0.2, 0) is 0 Å². The van der Waals surface area contributed by atoms with Crippen LogP contribution in [0.5, 0.6) is 0 Å². The normalized spacial score (nSPS) is 9.93. The molecule has 148 valence electrons. The van der Waals surface area contributed by atoms with Crippen molar-refractivity contribution in [3.8, 4) is 34.4 Å². The van der Waals surface area contributed by atoms with Gasteiger partial charge in [-0.05, 0) is 12.1 Å². The van der Waals surface area contributed by atoms with Crippen LogP contribution in [0.3, 0.4) is 0 Å². The van der Waals surface area contributed by atoms with E-state index in [9.17, 15) is 0 Å². The number of aromatic nitrogens is 2. The SMILES string of the molecule is N#Cc1c[nH]cc1-c1cccc(Cl)c1Cl.N#Cc1c[nH]cc1-c1cccc(Cl)c1Cl. The topological polar surface area (TPSA) is 79.2 Å². The molecule has 2 heterocycles. The number of halogens is 4. The molecule has 8 heteroatoms. The lowest BCUT2D eigenvalue weighted by atomic mass is 10.1. The van der Waals surface area contributed by atoms with Gasteiger partial charge in [-0.2, -0.15) is 10.5 Å². The van der Waals surface area contributed by atoms with Gasteiger partial charge in [0.05, 0.1) is 31.2 Å². The Bertz CT molecular complexity index is 1180. The Morgan fingerprint density at radius 1 is 0.567 bits per heavy atom. The molecule has 0 fully saturated rings. The predicted octanol–water partition coefficient (Wildman–Crippen LogP) is 7.72. The van der Waals surface area contributed by atoms with Crippen LogP contribution in [-0.4, -0.2) is 9.97 Å². The summed E-state index contributed by atoms with van der Waals surface area (Å²) in [6, 6.07) is 14.9. The number of hydrogen-bond donors (Lipinski definition) is 2. The van der Waals surface area contributed by atoms with Crippen molar-refractivity contribution in [2.75, 3.05) is 0 Å². The molecule has 30 heavy (non-hydrogen) atoms. The molecule has 0 spiro atoms. The van der Waals surface area contributed by atoms with Crippen LogP contribution in [0.2, 0.25) is 20.1 Å². The number of H-pyrrole nitrogens is 2.